The van der Waals surface area contributed by atoms with Crippen LogP contribution in [0.3, 0.4) is 0 Å². The predicted molar refractivity (Wildman–Crippen MR) is 98.9 cm³/mol. The highest BCUT2D eigenvalue weighted by Gasteiger charge is 2.17. The molecule has 0 aliphatic carbocycles. The minimum atomic E-state index is -0.550. The smallest absolute Gasteiger partial charge is 0.348 e. The SMILES string of the molecule is CN(CCC#N)C(=O)COC(=O)c1ccc(-c2ccc3c(c2)OCCO3)s1. The second kappa shape index (κ2) is 8.56. The van der Waals surface area contributed by atoms with Crippen LogP contribution in [-0.4, -0.2) is 50.2 Å². The van der Waals surface area contributed by atoms with E-state index in [2.05, 4.69) is 0 Å². The molecule has 2 aromatic rings. The van der Waals surface area contributed by atoms with Crippen LogP contribution in [0.2, 0.25) is 0 Å². The summed E-state index contributed by atoms with van der Waals surface area (Å²) in [5.41, 5.74) is 0.913. The summed E-state index contributed by atoms with van der Waals surface area (Å²) in [6.07, 6.45) is 0.236. The van der Waals surface area contributed by atoms with Gasteiger partial charge in [0.15, 0.2) is 18.1 Å². The minimum absolute atomic E-state index is 0.236. The molecular formula is C19H18N2O5S. The van der Waals surface area contributed by atoms with Gasteiger partial charge in [0, 0.05) is 18.5 Å². The normalized spacial score (nSPS) is 12.1. The molecule has 8 heteroatoms. The van der Waals surface area contributed by atoms with Crippen molar-refractivity contribution >= 4 is 23.2 Å². The molecule has 0 spiro atoms. The average molecular weight is 386 g/mol. The van der Waals surface area contributed by atoms with Crippen LogP contribution in [0.5, 0.6) is 11.5 Å². The van der Waals surface area contributed by atoms with E-state index < -0.39 is 5.97 Å². The molecule has 1 aliphatic heterocycles. The number of benzene rings is 1. The topological polar surface area (TPSA) is 88.9 Å². The summed E-state index contributed by atoms with van der Waals surface area (Å²) < 4.78 is 16.2. The molecule has 140 valence electrons. The maximum absolute atomic E-state index is 12.2. The highest BCUT2D eigenvalue weighted by Crippen LogP contribution is 2.37. The third-order valence-corrected chi connectivity index (χ3v) is 5.06. The first-order valence-electron chi connectivity index (χ1n) is 8.36. The number of thiophene rings is 1. The largest absolute Gasteiger partial charge is 0.486 e. The van der Waals surface area contributed by atoms with Crippen LogP contribution in [0.4, 0.5) is 0 Å². The number of carbonyl (C=O) groups is 2. The van der Waals surface area contributed by atoms with E-state index in [1.807, 2.05) is 30.3 Å². The van der Waals surface area contributed by atoms with Crippen molar-refractivity contribution in [3.8, 4) is 28.0 Å². The van der Waals surface area contributed by atoms with E-state index in [1.165, 1.54) is 16.2 Å². The summed E-state index contributed by atoms with van der Waals surface area (Å²) in [7, 11) is 1.57. The Bertz CT molecular complexity index is 886. The number of carbonyl (C=O) groups excluding carboxylic acids is 2. The molecule has 1 aromatic heterocycles. The zero-order chi connectivity index (χ0) is 19.2. The Morgan fingerprint density at radius 1 is 1.22 bits per heavy atom. The van der Waals surface area contributed by atoms with Crippen LogP contribution in [0, 0.1) is 11.3 Å². The van der Waals surface area contributed by atoms with E-state index in [1.54, 1.807) is 13.1 Å². The third-order valence-electron chi connectivity index (χ3n) is 3.95. The summed E-state index contributed by atoms with van der Waals surface area (Å²) in [5, 5.41) is 8.54. The number of fused-ring (bicyclic) bond motifs is 1. The minimum Gasteiger partial charge on any atom is -0.486 e. The van der Waals surface area contributed by atoms with Crippen LogP contribution >= 0.6 is 11.3 Å². The lowest BCUT2D eigenvalue weighted by Crippen LogP contribution is -2.31. The summed E-state index contributed by atoms with van der Waals surface area (Å²) in [6.45, 7) is 0.999. The average Bonchev–Trinajstić information content (AvgIpc) is 3.19. The molecule has 0 atom stereocenters. The number of likely N-dealkylation sites (N-methyl/N-ethyl adjacent to an activating group) is 1. The molecule has 0 radical (unpaired) electrons. The number of nitriles is 1. The zero-order valence-corrected chi connectivity index (χ0v) is 15.6. The molecule has 0 N–H and O–H groups in total. The van der Waals surface area contributed by atoms with Gasteiger partial charge < -0.3 is 19.1 Å². The lowest BCUT2D eigenvalue weighted by molar-refractivity contribution is -0.133. The molecule has 1 amide bonds. The number of nitrogens with zero attached hydrogens (tertiary/aromatic N) is 2. The van der Waals surface area contributed by atoms with Gasteiger partial charge in [0.05, 0.1) is 12.5 Å². The van der Waals surface area contributed by atoms with Crippen molar-refractivity contribution in [2.45, 2.75) is 6.42 Å². The molecule has 0 saturated heterocycles. The van der Waals surface area contributed by atoms with Gasteiger partial charge >= 0.3 is 5.97 Å². The number of esters is 1. The molecule has 1 aliphatic rings. The standard InChI is InChI=1S/C19H18N2O5S/c1-21(8-2-7-20)18(22)12-26-19(23)17-6-5-16(27-17)13-3-4-14-15(11-13)25-10-9-24-14/h3-6,11H,2,8-10,12H2,1H3. The highest BCUT2D eigenvalue weighted by molar-refractivity contribution is 7.17. The number of hydrogen-bond acceptors (Lipinski definition) is 7. The summed E-state index contributed by atoms with van der Waals surface area (Å²) in [6, 6.07) is 11.1. The first-order chi connectivity index (χ1) is 13.1. The molecule has 0 saturated carbocycles. The van der Waals surface area contributed by atoms with Crippen molar-refractivity contribution < 1.29 is 23.8 Å². The van der Waals surface area contributed by atoms with Gasteiger partial charge in [-0.25, -0.2) is 4.79 Å². The lowest BCUT2D eigenvalue weighted by Gasteiger charge is -2.18. The maximum Gasteiger partial charge on any atom is 0.348 e. The van der Waals surface area contributed by atoms with E-state index >= 15 is 0 Å². The Morgan fingerprint density at radius 2 is 2.00 bits per heavy atom. The second-order valence-corrected chi connectivity index (χ2v) is 6.91. The van der Waals surface area contributed by atoms with Gasteiger partial charge in [0.1, 0.15) is 18.1 Å². The van der Waals surface area contributed by atoms with Gasteiger partial charge in [-0.2, -0.15) is 5.26 Å². The first kappa shape index (κ1) is 18.7. The molecule has 1 aromatic carbocycles. The summed E-state index contributed by atoms with van der Waals surface area (Å²) in [4.78, 5) is 26.7. The van der Waals surface area contributed by atoms with Crippen molar-refractivity contribution in [1.82, 2.24) is 4.90 Å². The fraction of sp³-hybridized carbons (Fsp3) is 0.316. The van der Waals surface area contributed by atoms with Crippen molar-refractivity contribution in [2.75, 3.05) is 33.4 Å². The molecule has 0 fully saturated rings. The Balaban J connectivity index is 1.61. The van der Waals surface area contributed by atoms with E-state index in [9.17, 15) is 9.59 Å². The third kappa shape index (κ3) is 4.57. The van der Waals surface area contributed by atoms with Gasteiger partial charge in [-0.15, -0.1) is 11.3 Å². The van der Waals surface area contributed by atoms with Crippen LogP contribution in [0.25, 0.3) is 10.4 Å². The predicted octanol–water partition coefficient (Wildman–Crippen LogP) is 2.72. The number of ether oxygens (including phenoxy) is 3. The van der Waals surface area contributed by atoms with E-state index in [0.717, 1.165) is 10.4 Å². The van der Waals surface area contributed by atoms with Gasteiger partial charge in [0.2, 0.25) is 0 Å². The van der Waals surface area contributed by atoms with E-state index in [4.69, 9.17) is 19.5 Å². The molecular weight excluding hydrogens is 368 g/mol. The highest BCUT2D eigenvalue weighted by atomic mass is 32.1. The molecule has 2 heterocycles. The van der Waals surface area contributed by atoms with Gasteiger partial charge in [-0.3, -0.25) is 4.79 Å². The number of amides is 1. The molecule has 0 bridgehead atoms. The maximum atomic E-state index is 12.2. The Kier molecular flexibility index (Phi) is 5.94. The summed E-state index contributed by atoms with van der Waals surface area (Å²) >= 11 is 1.28. The van der Waals surface area contributed by atoms with Crippen molar-refractivity contribution in [3.05, 3.63) is 35.2 Å². The van der Waals surface area contributed by atoms with Crippen molar-refractivity contribution in [3.63, 3.8) is 0 Å². The zero-order valence-electron chi connectivity index (χ0n) is 14.8. The molecule has 7 nitrogen and oxygen atoms in total. The lowest BCUT2D eigenvalue weighted by atomic mass is 10.1. The summed E-state index contributed by atoms with van der Waals surface area (Å²) in [5.74, 6) is 0.496. The Labute approximate surface area is 160 Å². The molecule has 3 rings (SSSR count). The van der Waals surface area contributed by atoms with E-state index in [-0.39, 0.29) is 18.9 Å². The fourth-order valence-electron chi connectivity index (χ4n) is 2.45. The molecule has 0 unspecified atom stereocenters. The van der Waals surface area contributed by atoms with E-state index in [0.29, 0.717) is 36.1 Å². The Morgan fingerprint density at radius 3 is 2.78 bits per heavy atom. The van der Waals surface area contributed by atoms with Crippen molar-refractivity contribution in [1.29, 1.82) is 5.26 Å². The van der Waals surface area contributed by atoms with Gasteiger partial charge in [-0.05, 0) is 35.9 Å². The van der Waals surface area contributed by atoms with Crippen LogP contribution < -0.4 is 9.47 Å². The van der Waals surface area contributed by atoms with Crippen LogP contribution in [-0.2, 0) is 9.53 Å². The van der Waals surface area contributed by atoms with Crippen molar-refractivity contribution in [2.24, 2.45) is 0 Å². The monoisotopic (exact) mass is 386 g/mol. The fourth-order valence-corrected chi connectivity index (χ4v) is 3.35. The van der Waals surface area contributed by atoms with Gasteiger partial charge in [-0.1, -0.05) is 0 Å². The van der Waals surface area contributed by atoms with Crippen LogP contribution in [0.15, 0.2) is 30.3 Å². The second-order valence-electron chi connectivity index (χ2n) is 5.82. The number of rotatable bonds is 6. The Hall–Kier alpha value is -3.05. The van der Waals surface area contributed by atoms with Crippen LogP contribution in [0.1, 0.15) is 16.1 Å². The molecule has 27 heavy (non-hydrogen) atoms. The van der Waals surface area contributed by atoms with Gasteiger partial charge in [0.25, 0.3) is 5.91 Å². The number of hydrogen-bond donors (Lipinski definition) is 0. The quantitative estimate of drug-likeness (QED) is 0.709. The first-order valence-corrected chi connectivity index (χ1v) is 9.18.